The highest BCUT2D eigenvalue weighted by atomic mass is 32.1. The Morgan fingerprint density at radius 1 is 1.08 bits per heavy atom. The van der Waals surface area contributed by atoms with Gasteiger partial charge in [0.1, 0.15) is 0 Å². The molecule has 38 heavy (non-hydrogen) atoms. The quantitative estimate of drug-likeness (QED) is 0.317. The number of rotatable bonds is 8. The van der Waals surface area contributed by atoms with E-state index in [1.54, 1.807) is 18.6 Å². The summed E-state index contributed by atoms with van der Waals surface area (Å²) in [6.45, 7) is 6.93. The Balaban J connectivity index is 1.42. The molecular formula is C27H29N7O3S. The highest BCUT2D eigenvalue weighted by molar-refractivity contribution is 7.22. The number of carbonyl (C=O) groups excluding carboxylic acids is 2. The first-order chi connectivity index (χ1) is 18.6. The molecule has 4 aromatic rings. The van der Waals surface area contributed by atoms with Gasteiger partial charge in [0, 0.05) is 62.4 Å². The Morgan fingerprint density at radius 3 is 2.74 bits per heavy atom. The summed E-state index contributed by atoms with van der Waals surface area (Å²) >= 11 is 1.39. The van der Waals surface area contributed by atoms with Gasteiger partial charge in [-0.25, -0.2) is 9.78 Å². The van der Waals surface area contributed by atoms with Gasteiger partial charge in [-0.15, -0.1) is 0 Å². The fourth-order valence-corrected chi connectivity index (χ4v) is 5.21. The van der Waals surface area contributed by atoms with Crippen LogP contribution in [0.3, 0.4) is 0 Å². The summed E-state index contributed by atoms with van der Waals surface area (Å²) in [6.07, 6.45) is 5.04. The molecule has 0 atom stereocenters. The lowest BCUT2D eigenvalue weighted by Gasteiger charge is -2.26. The second-order valence-electron chi connectivity index (χ2n) is 8.76. The number of nitrogens with zero attached hydrogens (tertiary/aromatic N) is 4. The van der Waals surface area contributed by atoms with Crippen LogP contribution in [0.25, 0.3) is 32.6 Å². The smallest absolute Gasteiger partial charge is 0.321 e. The lowest BCUT2D eigenvalue weighted by atomic mass is 10.0. The molecule has 1 aromatic carbocycles. The molecule has 1 aliphatic heterocycles. The summed E-state index contributed by atoms with van der Waals surface area (Å²) in [6, 6.07) is 11.2. The van der Waals surface area contributed by atoms with Crippen molar-refractivity contribution in [2.24, 2.45) is 0 Å². The van der Waals surface area contributed by atoms with Crippen molar-refractivity contribution < 1.29 is 14.3 Å². The average Bonchev–Trinajstić information content (AvgIpc) is 3.36. The minimum absolute atomic E-state index is 0.166. The maximum absolute atomic E-state index is 12.9. The van der Waals surface area contributed by atoms with Crippen molar-refractivity contribution in [2.75, 3.05) is 51.3 Å². The van der Waals surface area contributed by atoms with Crippen molar-refractivity contribution in [3.63, 3.8) is 0 Å². The van der Waals surface area contributed by atoms with Gasteiger partial charge in [0.25, 0.3) is 5.91 Å². The SMILES string of the molecule is CCNC(=O)Nc1nc2cc(-c3cncc(C(=O)NCCN4CCOCC4)c3)cc(-c3ccccn3)c2s1. The monoisotopic (exact) mass is 531 g/mol. The highest BCUT2D eigenvalue weighted by Gasteiger charge is 2.16. The molecule has 0 radical (unpaired) electrons. The number of carbonyl (C=O) groups is 2. The average molecular weight is 532 g/mol. The van der Waals surface area contributed by atoms with Crippen molar-refractivity contribution in [3.8, 4) is 22.4 Å². The van der Waals surface area contributed by atoms with Crippen LogP contribution in [0.2, 0.25) is 0 Å². The first-order valence-corrected chi connectivity index (χ1v) is 13.4. The molecule has 3 amide bonds. The second kappa shape index (κ2) is 12.1. The molecule has 10 nitrogen and oxygen atoms in total. The lowest BCUT2D eigenvalue weighted by Crippen LogP contribution is -2.41. The van der Waals surface area contributed by atoms with Gasteiger partial charge in [-0.3, -0.25) is 25.0 Å². The third-order valence-electron chi connectivity index (χ3n) is 6.14. The Hall–Kier alpha value is -3.93. The van der Waals surface area contributed by atoms with Crippen molar-refractivity contribution in [3.05, 3.63) is 60.6 Å². The van der Waals surface area contributed by atoms with E-state index in [1.807, 2.05) is 43.3 Å². The molecular weight excluding hydrogens is 502 g/mol. The van der Waals surface area contributed by atoms with E-state index in [1.165, 1.54) is 11.3 Å². The Kier molecular flexibility index (Phi) is 8.17. The molecule has 1 fully saturated rings. The van der Waals surface area contributed by atoms with Gasteiger partial charge in [-0.1, -0.05) is 17.4 Å². The van der Waals surface area contributed by atoms with Crippen molar-refractivity contribution in [1.82, 2.24) is 30.5 Å². The third kappa shape index (κ3) is 6.13. The minimum atomic E-state index is -0.303. The van der Waals surface area contributed by atoms with E-state index in [-0.39, 0.29) is 11.9 Å². The van der Waals surface area contributed by atoms with Gasteiger partial charge >= 0.3 is 6.03 Å². The zero-order chi connectivity index (χ0) is 26.3. The number of hydrogen-bond acceptors (Lipinski definition) is 8. The molecule has 3 aromatic heterocycles. The van der Waals surface area contributed by atoms with Crippen LogP contribution < -0.4 is 16.0 Å². The van der Waals surface area contributed by atoms with E-state index in [9.17, 15) is 9.59 Å². The Labute approximate surface area is 224 Å². The van der Waals surface area contributed by atoms with Gasteiger partial charge in [-0.05, 0) is 42.8 Å². The van der Waals surface area contributed by atoms with Crippen LogP contribution in [-0.2, 0) is 4.74 Å². The molecule has 0 saturated carbocycles. The van der Waals surface area contributed by atoms with Gasteiger partial charge in [0.15, 0.2) is 5.13 Å². The van der Waals surface area contributed by atoms with Crippen LogP contribution in [0.15, 0.2) is 55.0 Å². The van der Waals surface area contributed by atoms with Crippen LogP contribution in [0.1, 0.15) is 17.3 Å². The van der Waals surface area contributed by atoms with E-state index < -0.39 is 0 Å². The number of urea groups is 1. The largest absolute Gasteiger partial charge is 0.379 e. The number of ether oxygens (including phenoxy) is 1. The second-order valence-corrected chi connectivity index (χ2v) is 9.76. The summed E-state index contributed by atoms with van der Waals surface area (Å²) in [5.74, 6) is -0.166. The van der Waals surface area contributed by atoms with Crippen LogP contribution in [0, 0.1) is 0 Å². The van der Waals surface area contributed by atoms with E-state index in [4.69, 9.17) is 4.74 Å². The van der Waals surface area contributed by atoms with Gasteiger partial charge in [-0.2, -0.15) is 0 Å². The molecule has 0 bridgehead atoms. The van der Waals surface area contributed by atoms with E-state index >= 15 is 0 Å². The molecule has 1 saturated heterocycles. The number of hydrogen-bond donors (Lipinski definition) is 3. The number of nitrogens with one attached hydrogen (secondary N) is 3. The fourth-order valence-electron chi connectivity index (χ4n) is 4.24. The molecule has 11 heteroatoms. The van der Waals surface area contributed by atoms with Crippen LogP contribution in [0.5, 0.6) is 0 Å². The predicted octanol–water partition coefficient (Wildman–Crippen LogP) is 3.62. The third-order valence-corrected chi connectivity index (χ3v) is 7.16. The molecule has 4 heterocycles. The Morgan fingerprint density at radius 2 is 1.95 bits per heavy atom. The number of aromatic nitrogens is 3. The number of amides is 3. The summed E-state index contributed by atoms with van der Waals surface area (Å²) in [5, 5.41) is 9.01. The van der Waals surface area contributed by atoms with Crippen molar-refractivity contribution >= 4 is 38.6 Å². The summed E-state index contributed by atoms with van der Waals surface area (Å²) in [7, 11) is 0. The molecule has 0 aliphatic carbocycles. The van der Waals surface area contributed by atoms with Crippen LogP contribution in [0.4, 0.5) is 9.93 Å². The first-order valence-electron chi connectivity index (χ1n) is 12.6. The summed E-state index contributed by atoms with van der Waals surface area (Å²) < 4.78 is 6.28. The molecule has 0 spiro atoms. The van der Waals surface area contributed by atoms with E-state index in [2.05, 4.69) is 35.8 Å². The number of thiazole rings is 1. The Bertz CT molecular complexity index is 1420. The van der Waals surface area contributed by atoms with Gasteiger partial charge in [0.2, 0.25) is 0 Å². The first kappa shape index (κ1) is 25.7. The maximum Gasteiger partial charge on any atom is 0.321 e. The molecule has 1 aliphatic rings. The van der Waals surface area contributed by atoms with Crippen molar-refractivity contribution in [2.45, 2.75) is 6.92 Å². The number of benzene rings is 1. The fraction of sp³-hybridized carbons (Fsp3) is 0.296. The number of fused-ring (bicyclic) bond motifs is 1. The summed E-state index contributed by atoms with van der Waals surface area (Å²) in [4.78, 5) is 40.8. The number of anilines is 1. The lowest BCUT2D eigenvalue weighted by molar-refractivity contribution is 0.0383. The normalized spacial score (nSPS) is 13.8. The predicted molar refractivity (Wildman–Crippen MR) is 148 cm³/mol. The van der Waals surface area contributed by atoms with E-state index in [0.717, 1.165) is 65.4 Å². The van der Waals surface area contributed by atoms with Crippen LogP contribution >= 0.6 is 11.3 Å². The molecule has 0 unspecified atom stereocenters. The zero-order valence-electron chi connectivity index (χ0n) is 21.1. The standard InChI is InChI=1S/C27H29N7O3S/c1-2-29-26(36)33-27-32-23-15-18(14-21(24(23)38-27)22-5-3-4-6-30-22)19-13-20(17-28-16-19)25(35)31-7-8-34-9-11-37-12-10-34/h3-6,13-17H,2,7-12H2,1H3,(H,31,35)(H2,29,32,33,36). The highest BCUT2D eigenvalue weighted by Crippen LogP contribution is 2.38. The molecule has 3 N–H and O–H groups in total. The number of pyridine rings is 2. The van der Waals surface area contributed by atoms with Crippen LogP contribution in [-0.4, -0.2) is 77.7 Å². The number of morpholine rings is 1. The zero-order valence-corrected chi connectivity index (χ0v) is 21.9. The topological polar surface area (TPSA) is 121 Å². The maximum atomic E-state index is 12.9. The molecule has 5 rings (SSSR count). The minimum Gasteiger partial charge on any atom is -0.379 e. The van der Waals surface area contributed by atoms with Crippen molar-refractivity contribution in [1.29, 1.82) is 0 Å². The van der Waals surface area contributed by atoms with Gasteiger partial charge in [0.05, 0.1) is 34.7 Å². The van der Waals surface area contributed by atoms with E-state index in [0.29, 0.717) is 23.8 Å². The molecule has 196 valence electrons. The van der Waals surface area contributed by atoms with Gasteiger partial charge < -0.3 is 15.4 Å². The summed E-state index contributed by atoms with van der Waals surface area (Å²) in [5.41, 5.74) is 4.53.